The Morgan fingerprint density at radius 1 is 1.17 bits per heavy atom. The van der Waals surface area contributed by atoms with Gasteiger partial charge in [0.05, 0.1) is 11.4 Å². The standard InChI is InChI=1S/C16H17N3O2S3/c1-11-3-5-13(6-4-11)20-7-15-17-12(8-23-15)9-24-16-19-18-14(21-16)10-22-2/h3-6,8H,7,9-10H2,1-2H3. The van der Waals surface area contributed by atoms with Crippen molar-refractivity contribution in [2.75, 3.05) is 6.26 Å². The SMILES string of the molecule is CSCc1nnc(SCc2csc(COc3ccc(C)cc3)n2)o1. The molecule has 0 saturated carbocycles. The van der Waals surface area contributed by atoms with Gasteiger partial charge in [-0.2, -0.15) is 11.8 Å². The number of hydrogen-bond acceptors (Lipinski definition) is 8. The number of ether oxygens (including phenoxy) is 1. The van der Waals surface area contributed by atoms with Crippen molar-refractivity contribution >= 4 is 34.9 Å². The van der Waals surface area contributed by atoms with Crippen LogP contribution in [-0.4, -0.2) is 21.4 Å². The third-order valence-corrected chi connectivity index (χ3v) is 5.30. The van der Waals surface area contributed by atoms with Crippen LogP contribution in [0.15, 0.2) is 39.3 Å². The van der Waals surface area contributed by atoms with Gasteiger partial charge in [0.1, 0.15) is 17.4 Å². The van der Waals surface area contributed by atoms with Gasteiger partial charge in [-0.05, 0) is 25.3 Å². The lowest BCUT2D eigenvalue weighted by Gasteiger charge is -2.03. The van der Waals surface area contributed by atoms with E-state index in [0.29, 0.717) is 23.5 Å². The molecule has 3 aromatic rings. The third kappa shape index (κ3) is 4.99. The first kappa shape index (κ1) is 17.3. The number of nitrogens with zero attached hydrogens (tertiary/aromatic N) is 3. The second kappa shape index (κ2) is 8.55. The van der Waals surface area contributed by atoms with Crippen molar-refractivity contribution < 1.29 is 9.15 Å². The van der Waals surface area contributed by atoms with Gasteiger partial charge >= 0.3 is 0 Å². The maximum atomic E-state index is 5.75. The van der Waals surface area contributed by atoms with Crippen LogP contribution in [0.4, 0.5) is 0 Å². The van der Waals surface area contributed by atoms with Crippen LogP contribution >= 0.6 is 34.9 Å². The number of thioether (sulfide) groups is 2. The predicted octanol–water partition coefficient (Wildman–Crippen LogP) is 4.57. The summed E-state index contributed by atoms with van der Waals surface area (Å²) in [5.41, 5.74) is 2.22. The van der Waals surface area contributed by atoms with Gasteiger partial charge in [0.25, 0.3) is 5.22 Å². The van der Waals surface area contributed by atoms with E-state index in [0.717, 1.165) is 22.2 Å². The number of thiazole rings is 1. The second-order valence-electron chi connectivity index (χ2n) is 5.02. The van der Waals surface area contributed by atoms with E-state index in [2.05, 4.69) is 22.1 Å². The Bertz CT molecular complexity index is 771. The third-order valence-electron chi connectivity index (χ3n) is 3.04. The molecule has 0 amide bonds. The maximum absolute atomic E-state index is 5.75. The summed E-state index contributed by atoms with van der Waals surface area (Å²) in [6.45, 7) is 2.54. The Hall–Kier alpha value is -1.51. The maximum Gasteiger partial charge on any atom is 0.276 e. The molecule has 2 heterocycles. The monoisotopic (exact) mass is 379 g/mol. The first-order chi connectivity index (χ1) is 11.7. The van der Waals surface area contributed by atoms with Crippen LogP contribution < -0.4 is 4.74 Å². The highest BCUT2D eigenvalue weighted by Crippen LogP contribution is 2.24. The lowest BCUT2D eigenvalue weighted by Crippen LogP contribution is -1.95. The lowest BCUT2D eigenvalue weighted by molar-refractivity contribution is 0.305. The van der Waals surface area contributed by atoms with Crippen molar-refractivity contribution in [3.8, 4) is 5.75 Å². The average Bonchev–Trinajstić information content (AvgIpc) is 3.22. The largest absolute Gasteiger partial charge is 0.486 e. The second-order valence-corrected chi connectivity index (χ2v) is 7.75. The first-order valence-electron chi connectivity index (χ1n) is 7.30. The molecule has 1 aromatic carbocycles. The van der Waals surface area contributed by atoms with E-state index in [-0.39, 0.29) is 0 Å². The fraction of sp³-hybridized carbons (Fsp3) is 0.312. The van der Waals surface area contributed by atoms with E-state index in [4.69, 9.17) is 9.15 Å². The molecule has 24 heavy (non-hydrogen) atoms. The summed E-state index contributed by atoms with van der Waals surface area (Å²) in [6, 6.07) is 8.02. The van der Waals surface area contributed by atoms with Gasteiger partial charge in [-0.3, -0.25) is 0 Å². The van der Waals surface area contributed by atoms with E-state index < -0.39 is 0 Å². The zero-order valence-corrected chi connectivity index (χ0v) is 15.8. The van der Waals surface area contributed by atoms with Gasteiger partial charge in [0, 0.05) is 11.1 Å². The predicted molar refractivity (Wildman–Crippen MR) is 98.7 cm³/mol. The molecule has 0 aliphatic carbocycles. The topological polar surface area (TPSA) is 61.0 Å². The highest BCUT2D eigenvalue weighted by atomic mass is 32.2. The van der Waals surface area contributed by atoms with Crippen LogP contribution in [0.3, 0.4) is 0 Å². The van der Waals surface area contributed by atoms with Crippen LogP contribution in [0.2, 0.25) is 0 Å². The van der Waals surface area contributed by atoms with Gasteiger partial charge in [-0.15, -0.1) is 21.5 Å². The zero-order valence-electron chi connectivity index (χ0n) is 13.4. The molecule has 0 aliphatic rings. The van der Waals surface area contributed by atoms with Gasteiger partial charge in [0.15, 0.2) is 0 Å². The Labute approximate surface area is 153 Å². The molecule has 2 aromatic heterocycles. The highest BCUT2D eigenvalue weighted by molar-refractivity contribution is 7.98. The molecular formula is C16H17N3O2S3. The lowest BCUT2D eigenvalue weighted by atomic mass is 10.2. The van der Waals surface area contributed by atoms with E-state index >= 15 is 0 Å². The molecule has 8 heteroatoms. The van der Waals surface area contributed by atoms with E-state index in [1.54, 1.807) is 23.1 Å². The fourth-order valence-electron chi connectivity index (χ4n) is 1.88. The molecular weight excluding hydrogens is 362 g/mol. The van der Waals surface area contributed by atoms with Crippen molar-refractivity contribution in [2.45, 2.75) is 30.3 Å². The number of rotatable bonds is 8. The Morgan fingerprint density at radius 3 is 2.79 bits per heavy atom. The average molecular weight is 380 g/mol. The van der Waals surface area contributed by atoms with Crippen LogP contribution in [0, 0.1) is 6.92 Å². The Kier molecular flexibility index (Phi) is 6.17. The molecule has 0 atom stereocenters. The smallest absolute Gasteiger partial charge is 0.276 e. The molecule has 3 rings (SSSR count). The number of aryl methyl sites for hydroxylation is 1. The van der Waals surface area contributed by atoms with Gasteiger partial charge in [0.2, 0.25) is 5.89 Å². The van der Waals surface area contributed by atoms with Gasteiger partial charge in [-0.1, -0.05) is 29.5 Å². The minimum Gasteiger partial charge on any atom is -0.486 e. The zero-order chi connectivity index (χ0) is 16.8. The van der Waals surface area contributed by atoms with Crippen molar-refractivity contribution in [1.82, 2.24) is 15.2 Å². The minimum atomic E-state index is 0.483. The number of benzene rings is 1. The normalized spacial score (nSPS) is 10.9. The molecule has 0 N–H and O–H groups in total. The first-order valence-corrected chi connectivity index (χ1v) is 10.6. The van der Waals surface area contributed by atoms with Crippen LogP contribution in [0.1, 0.15) is 22.2 Å². The van der Waals surface area contributed by atoms with Crippen molar-refractivity contribution in [3.63, 3.8) is 0 Å². The highest BCUT2D eigenvalue weighted by Gasteiger charge is 2.09. The molecule has 0 unspecified atom stereocenters. The van der Waals surface area contributed by atoms with Crippen molar-refractivity contribution in [3.05, 3.63) is 51.8 Å². The summed E-state index contributed by atoms with van der Waals surface area (Å²) >= 11 is 4.76. The summed E-state index contributed by atoms with van der Waals surface area (Å²) in [7, 11) is 0. The van der Waals surface area contributed by atoms with E-state index in [1.165, 1.54) is 17.3 Å². The summed E-state index contributed by atoms with van der Waals surface area (Å²) in [5, 5.41) is 11.6. The molecule has 0 radical (unpaired) electrons. The summed E-state index contributed by atoms with van der Waals surface area (Å²) in [6.07, 6.45) is 2.01. The summed E-state index contributed by atoms with van der Waals surface area (Å²) < 4.78 is 11.3. The Balaban J connectivity index is 1.48. The van der Waals surface area contributed by atoms with Crippen molar-refractivity contribution in [1.29, 1.82) is 0 Å². The van der Waals surface area contributed by atoms with Crippen LogP contribution in [0.25, 0.3) is 0 Å². The quantitative estimate of drug-likeness (QED) is 0.531. The fourth-order valence-corrected chi connectivity index (χ4v) is 3.72. The molecule has 0 spiro atoms. The summed E-state index contributed by atoms with van der Waals surface area (Å²) in [4.78, 5) is 4.58. The van der Waals surface area contributed by atoms with Gasteiger partial charge in [-0.25, -0.2) is 4.98 Å². The number of aromatic nitrogens is 3. The molecule has 0 fully saturated rings. The molecule has 0 bridgehead atoms. The van der Waals surface area contributed by atoms with Crippen molar-refractivity contribution in [2.24, 2.45) is 0 Å². The number of hydrogen-bond donors (Lipinski definition) is 0. The van der Waals surface area contributed by atoms with E-state index in [9.17, 15) is 0 Å². The Morgan fingerprint density at radius 2 is 2.00 bits per heavy atom. The van der Waals surface area contributed by atoms with Crippen LogP contribution in [0.5, 0.6) is 5.75 Å². The molecule has 0 saturated heterocycles. The minimum absolute atomic E-state index is 0.483. The van der Waals surface area contributed by atoms with Crippen LogP contribution in [-0.2, 0) is 18.1 Å². The van der Waals surface area contributed by atoms with Gasteiger partial charge < -0.3 is 9.15 Å². The molecule has 0 aliphatic heterocycles. The molecule has 5 nitrogen and oxygen atoms in total. The summed E-state index contributed by atoms with van der Waals surface area (Å²) in [5.74, 6) is 2.97. The van der Waals surface area contributed by atoms with E-state index in [1.807, 2.05) is 35.9 Å². The molecule has 126 valence electrons.